The van der Waals surface area contributed by atoms with Crippen molar-refractivity contribution in [1.82, 2.24) is 5.32 Å². The number of carbonyl (C=O) groups excluding carboxylic acids is 3. The van der Waals surface area contributed by atoms with Crippen LogP contribution in [0.25, 0.3) is 0 Å². The van der Waals surface area contributed by atoms with Gasteiger partial charge in [-0.05, 0) is 25.7 Å². The number of Topliss-reactive ketones (excluding diaryl/α,β-unsaturated/α-hetero) is 1. The average molecular weight is 498 g/mol. The van der Waals surface area contributed by atoms with E-state index < -0.39 is 6.04 Å². The molecule has 0 heterocycles. The second kappa shape index (κ2) is 22.7. The highest BCUT2D eigenvalue weighted by Gasteiger charge is 2.27. The Morgan fingerprint density at radius 3 is 1.59 bits per heavy atom. The number of unbranched alkanes of at least 4 members (excludes halogenated alkanes) is 14. The van der Waals surface area contributed by atoms with E-state index in [2.05, 4.69) is 28.4 Å². The maximum Gasteiger partial charge on any atom is 0.223 e. The Morgan fingerprint density at radius 2 is 1.12 bits per heavy atom. The summed E-state index contributed by atoms with van der Waals surface area (Å²) >= 11 is 0. The van der Waals surface area contributed by atoms with Gasteiger partial charge in [0.15, 0.2) is 5.52 Å². The Morgan fingerprint density at radius 1 is 0.676 bits per heavy atom. The van der Waals surface area contributed by atoms with Crippen molar-refractivity contribution in [2.75, 3.05) is 0 Å². The van der Waals surface area contributed by atoms with Crippen LogP contribution in [0.2, 0.25) is 0 Å². The highest BCUT2D eigenvalue weighted by Crippen LogP contribution is 2.24. The molecular weight excluding hydrogens is 441 g/mol. The van der Waals surface area contributed by atoms with Gasteiger partial charge in [-0.25, -0.2) is 0 Å². The lowest BCUT2D eigenvalue weighted by atomic mass is 9.84. The zero-order chi connectivity index (χ0) is 25.6. The van der Waals surface area contributed by atoms with Crippen LogP contribution in [0.3, 0.4) is 0 Å². The first-order valence-electron chi connectivity index (χ1n) is 14.4. The molecule has 0 aliphatic rings. The van der Waals surface area contributed by atoms with E-state index in [0.29, 0.717) is 12.8 Å². The van der Waals surface area contributed by atoms with Gasteiger partial charge in [0.1, 0.15) is 5.78 Å². The van der Waals surface area contributed by atoms with E-state index in [1.54, 1.807) is 6.92 Å². The van der Waals surface area contributed by atoms with Crippen molar-refractivity contribution in [3.63, 3.8) is 0 Å². The number of rotatable bonds is 24. The van der Waals surface area contributed by atoms with Crippen LogP contribution in [0.1, 0.15) is 150 Å². The van der Waals surface area contributed by atoms with Crippen LogP contribution in [0.5, 0.6) is 0 Å². The molecule has 4 nitrogen and oxygen atoms in total. The Bertz CT molecular complexity index is 537. The minimum absolute atomic E-state index is 0.0122. The van der Waals surface area contributed by atoms with Crippen molar-refractivity contribution in [3.8, 4) is 0 Å². The molecule has 200 valence electrons. The number of hydrogen-bond acceptors (Lipinski definition) is 3. The molecule has 0 radical (unpaired) electrons. The predicted octanol–water partition coefficient (Wildman–Crippen LogP) is 8.17. The summed E-state index contributed by atoms with van der Waals surface area (Å²) in [6, 6.07) is -0.500. The fourth-order valence-electron chi connectivity index (χ4n) is 4.62. The zero-order valence-corrected chi connectivity index (χ0v) is 24.1. The summed E-state index contributed by atoms with van der Waals surface area (Å²) in [5, 5.41) is 2.84. The number of amides is 1. The molecule has 0 aromatic rings. The van der Waals surface area contributed by atoms with Gasteiger partial charge >= 0.3 is 0 Å². The quantitative estimate of drug-likeness (QED) is 0.108. The molecule has 0 spiro atoms. The third-order valence-corrected chi connectivity index (χ3v) is 7.54. The predicted molar refractivity (Wildman–Crippen MR) is 149 cm³/mol. The third kappa shape index (κ3) is 18.6. The van der Waals surface area contributed by atoms with Gasteiger partial charge < -0.3 is 5.32 Å². The van der Waals surface area contributed by atoms with Crippen LogP contribution >= 0.6 is 9.24 Å². The number of ketones is 1. The third-order valence-electron chi connectivity index (χ3n) is 7.04. The Hall–Kier alpha value is -0.760. The Balaban J connectivity index is 4.06. The lowest BCUT2D eigenvalue weighted by Crippen LogP contribution is -2.42. The van der Waals surface area contributed by atoms with Crippen LogP contribution < -0.4 is 5.32 Å². The highest BCUT2D eigenvalue weighted by molar-refractivity contribution is 7.40. The molecule has 0 aliphatic heterocycles. The van der Waals surface area contributed by atoms with Crippen LogP contribution in [0.15, 0.2) is 0 Å². The van der Waals surface area contributed by atoms with Gasteiger partial charge in [-0.3, -0.25) is 14.4 Å². The van der Waals surface area contributed by atoms with Gasteiger partial charge in [-0.1, -0.05) is 126 Å². The summed E-state index contributed by atoms with van der Waals surface area (Å²) in [5.41, 5.74) is -0.119. The first-order valence-corrected chi connectivity index (χ1v) is 15.0. The van der Waals surface area contributed by atoms with Gasteiger partial charge in [0, 0.05) is 18.8 Å². The van der Waals surface area contributed by atoms with Crippen molar-refractivity contribution < 1.29 is 14.4 Å². The van der Waals surface area contributed by atoms with E-state index in [0.717, 1.165) is 38.5 Å². The zero-order valence-electron chi connectivity index (χ0n) is 23.0. The largest absolute Gasteiger partial charge is 0.346 e. The Labute approximate surface area is 213 Å². The van der Waals surface area contributed by atoms with Crippen molar-refractivity contribution >= 4 is 26.5 Å². The molecular formula is C29H56NO3P. The maximum absolute atomic E-state index is 12.8. The second-order valence-electron chi connectivity index (χ2n) is 10.4. The molecule has 1 N–H and O–H groups in total. The molecule has 0 saturated carbocycles. The van der Waals surface area contributed by atoms with Crippen molar-refractivity contribution in [2.45, 2.75) is 156 Å². The number of hydrogen-bond donors (Lipinski definition) is 1. The summed E-state index contributed by atoms with van der Waals surface area (Å²) in [4.78, 5) is 36.8. The first kappa shape index (κ1) is 33.2. The monoisotopic (exact) mass is 497 g/mol. The smallest absolute Gasteiger partial charge is 0.223 e. The summed E-state index contributed by atoms with van der Waals surface area (Å²) in [6.07, 6.45) is 22.0. The summed E-state index contributed by atoms with van der Waals surface area (Å²) in [5.74, 6) is 0.00628. The maximum atomic E-state index is 12.8. The first-order chi connectivity index (χ1) is 16.3. The fraction of sp³-hybridized carbons (Fsp3) is 0.897. The summed E-state index contributed by atoms with van der Waals surface area (Å²) < 4.78 is 0. The molecule has 1 amide bonds. The topological polar surface area (TPSA) is 63.2 Å². The van der Waals surface area contributed by atoms with Crippen molar-refractivity contribution in [2.24, 2.45) is 11.8 Å². The molecule has 0 aromatic carbocycles. The number of nitrogens with one attached hydrogen (secondary N) is 1. The molecule has 0 fully saturated rings. The lowest BCUT2D eigenvalue weighted by Gasteiger charge is -2.24. The van der Waals surface area contributed by atoms with Crippen molar-refractivity contribution in [1.29, 1.82) is 0 Å². The second-order valence-corrected chi connectivity index (χ2v) is 11.0. The van der Waals surface area contributed by atoms with Gasteiger partial charge in [-0.2, -0.15) is 0 Å². The van der Waals surface area contributed by atoms with Gasteiger partial charge in [0.25, 0.3) is 0 Å². The van der Waals surface area contributed by atoms with E-state index >= 15 is 0 Å². The van der Waals surface area contributed by atoms with Crippen LogP contribution in [0, 0.1) is 11.8 Å². The molecule has 4 unspecified atom stereocenters. The lowest BCUT2D eigenvalue weighted by molar-refractivity contribution is -0.130. The van der Waals surface area contributed by atoms with Crippen molar-refractivity contribution in [3.05, 3.63) is 0 Å². The average Bonchev–Trinajstić information content (AvgIpc) is 2.79. The van der Waals surface area contributed by atoms with E-state index in [-0.39, 0.29) is 29.1 Å². The fourth-order valence-corrected chi connectivity index (χ4v) is 4.71. The minimum Gasteiger partial charge on any atom is -0.346 e. The highest BCUT2D eigenvalue weighted by atomic mass is 31.0. The normalized spacial score (nSPS) is 13.9. The van der Waals surface area contributed by atoms with E-state index in [9.17, 15) is 14.4 Å². The van der Waals surface area contributed by atoms with Crippen LogP contribution in [-0.4, -0.2) is 23.3 Å². The van der Waals surface area contributed by atoms with Crippen LogP contribution in [-0.2, 0) is 14.4 Å². The van der Waals surface area contributed by atoms with Gasteiger partial charge in [0.2, 0.25) is 5.91 Å². The molecule has 34 heavy (non-hydrogen) atoms. The summed E-state index contributed by atoms with van der Waals surface area (Å²) in [7, 11) is 2.13. The minimum atomic E-state index is -0.500. The molecule has 5 heteroatoms. The summed E-state index contributed by atoms with van der Waals surface area (Å²) in [6.45, 7) is 8.14. The molecule has 0 rings (SSSR count). The van der Waals surface area contributed by atoms with Gasteiger partial charge in [0.05, 0.1) is 6.04 Å². The molecule has 0 aromatic heterocycles. The molecule has 4 atom stereocenters. The SMILES string of the molecule is CCCCCCCCCCCCCCCC(=O)CC(C)C(CCCCC)C(=O)NC(C)C(=O)P. The van der Waals surface area contributed by atoms with E-state index in [4.69, 9.17) is 0 Å². The molecule has 0 saturated heterocycles. The molecule has 0 aliphatic carbocycles. The molecule has 0 bridgehead atoms. The van der Waals surface area contributed by atoms with Crippen LogP contribution in [0.4, 0.5) is 0 Å². The van der Waals surface area contributed by atoms with E-state index in [1.807, 2.05) is 6.92 Å². The Kier molecular flexibility index (Phi) is 22.2. The number of carbonyl (C=O) groups is 3. The van der Waals surface area contributed by atoms with E-state index in [1.165, 1.54) is 70.6 Å². The standard InChI is InChI=1S/C29H56NO3P/c1-5-7-9-10-11-12-13-14-15-16-17-18-20-21-26(31)23-24(3)27(22-19-8-6-2)28(32)30-25(4)29(33)34/h24-25,27H,5-23,34H2,1-4H3,(H,30,32). The van der Waals surface area contributed by atoms with Gasteiger partial charge in [-0.15, -0.1) is 0 Å².